The molecule has 0 aliphatic heterocycles. The molecule has 0 atom stereocenters. The third kappa shape index (κ3) is 3.23. The number of Topliss-reactive ketones (excluding diaryl/α,β-unsaturated/α-hetero) is 1. The van der Waals surface area contributed by atoms with Crippen LogP contribution in [0.3, 0.4) is 0 Å². The lowest BCUT2D eigenvalue weighted by Crippen LogP contribution is -2.33. The Kier molecular flexibility index (Phi) is 4.86. The van der Waals surface area contributed by atoms with E-state index in [0.717, 1.165) is 32.2 Å². The molecular formula is C15H24ClN3O. The second-order valence-corrected chi connectivity index (χ2v) is 6.73. The van der Waals surface area contributed by atoms with Gasteiger partial charge in [-0.2, -0.15) is 5.10 Å². The molecule has 1 saturated carbocycles. The molecule has 112 valence electrons. The third-order valence-corrected chi connectivity index (χ3v) is 4.55. The van der Waals surface area contributed by atoms with E-state index in [1.165, 1.54) is 6.42 Å². The van der Waals surface area contributed by atoms with Gasteiger partial charge in [0, 0.05) is 12.0 Å². The lowest BCUT2D eigenvalue weighted by Gasteiger charge is -2.32. The van der Waals surface area contributed by atoms with Gasteiger partial charge in [-0.25, -0.2) is 0 Å². The fourth-order valence-corrected chi connectivity index (χ4v) is 3.12. The second kappa shape index (κ2) is 6.27. The summed E-state index contributed by atoms with van der Waals surface area (Å²) in [6, 6.07) is 0. The number of hydrogen-bond acceptors (Lipinski definition) is 3. The van der Waals surface area contributed by atoms with Gasteiger partial charge in [0.05, 0.1) is 17.8 Å². The van der Waals surface area contributed by atoms with Crippen LogP contribution in [0.1, 0.15) is 49.5 Å². The van der Waals surface area contributed by atoms with Crippen LogP contribution in [0, 0.1) is 5.41 Å². The summed E-state index contributed by atoms with van der Waals surface area (Å²) >= 11 is 6.22. The van der Waals surface area contributed by atoms with Crippen molar-refractivity contribution >= 4 is 17.4 Å². The molecule has 4 nitrogen and oxygen atoms in total. The molecule has 0 aromatic carbocycles. The summed E-state index contributed by atoms with van der Waals surface area (Å²) in [4.78, 5) is 15.0. The Balaban J connectivity index is 2.22. The summed E-state index contributed by atoms with van der Waals surface area (Å²) < 4.78 is 1.77. The van der Waals surface area contributed by atoms with Gasteiger partial charge in [-0.15, -0.1) is 0 Å². The highest BCUT2D eigenvalue weighted by Crippen LogP contribution is 2.39. The van der Waals surface area contributed by atoms with E-state index < -0.39 is 0 Å². The fraction of sp³-hybridized carbons (Fsp3) is 0.733. The Bertz CT molecular complexity index is 475. The molecule has 1 heterocycles. The van der Waals surface area contributed by atoms with E-state index in [-0.39, 0.29) is 11.2 Å². The predicted molar refractivity (Wildman–Crippen MR) is 81.3 cm³/mol. The number of ketones is 1. The molecule has 20 heavy (non-hydrogen) atoms. The minimum absolute atomic E-state index is 0.165. The first-order chi connectivity index (χ1) is 9.44. The van der Waals surface area contributed by atoms with Crippen molar-refractivity contribution in [1.29, 1.82) is 0 Å². The predicted octanol–water partition coefficient (Wildman–Crippen LogP) is 3.25. The van der Waals surface area contributed by atoms with Crippen LogP contribution in [0.4, 0.5) is 0 Å². The Hall–Kier alpha value is -0.870. The molecule has 1 aromatic heterocycles. The topological polar surface area (TPSA) is 38.1 Å². The maximum Gasteiger partial charge on any atom is 0.188 e. The van der Waals surface area contributed by atoms with E-state index in [2.05, 4.69) is 16.9 Å². The van der Waals surface area contributed by atoms with Crippen LogP contribution < -0.4 is 0 Å². The van der Waals surface area contributed by atoms with E-state index in [0.29, 0.717) is 17.3 Å². The van der Waals surface area contributed by atoms with E-state index in [1.807, 2.05) is 14.1 Å². The van der Waals surface area contributed by atoms with Crippen molar-refractivity contribution in [3.63, 3.8) is 0 Å². The van der Waals surface area contributed by atoms with Gasteiger partial charge in [-0.05, 0) is 26.9 Å². The van der Waals surface area contributed by atoms with Gasteiger partial charge in [-0.3, -0.25) is 9.48 Å². The zero-order valence-corrected chi connectivity index (χ0v) is 13.4. The molecule has 0 saturated heterocycles. The highest BCUT2D eigenvalue weighted by molar-refractivity contribution is 6.33. The highest BCUT2D eigenvalue weighted by atomic mass is 35.5. The van der Waals surface area contributed by atoms with Crippen molar-refractivity contribution in [1.82, 2.24) is 14.7 Å². The van der Waals surface area contributed by atoms with Crippen LogP contribution in [0.2, 0.25) is 5.02 Å². The Morgan fingerprint density at radius 2 is 2.05 bits per heavy atom. The van der Waals surface area contributed by atoms with E-state index in [9.17, 15) is 4.79 Å². The summed E-state index contributed by atoms with van der Waals surface area (Å²) in [5.74, 6) is 0.165. The van der Waals surface area contributed by atoms with Gasteiger partial charge in [0.2, 0.25) is 0 Å². The SMILES string of the molecule is CN(C)CCn1ncc(Cl)c1C(=O)C1(C)CCCCC1. The zero-order chi connectivity index (χ0) is 14.8. The first-order valence-corrected chi connectivity index (χ1v) is 7.73. The minimum atomic E-state index is -0.266. The third-order valence-electron chi connectivity index (χ3n) is 4.27. The molecule has 1 aliphatic rings. The van der Waals surface area contributed by atoms with E-state index in [4.69, 9.17) is 11.6 Å². The van der Waals surface area contributed by atoms with Gasteiger partial charge in [0.25, 0.3) is 0 Å². The molecule has 2 rings (SSSR count). The largest absolute Gasteiger partial charge is 0.308 e. The van der Waals surface area contributed by atoms with Crippen molar-refractivity contribution < 1.29 is 4.79 Å². The number of rotatable bonds is 5. The number of nitrogens with zero attached hydrogens (tertiary/aromatic N) is 3. The Labute approximate surface area is 126 Å². The van der Waals surface area contributed by atoms with E-state index in [1.54, 1.807) is 10.9 Å². The summed E-state index contributed by atoms with van der Waals surface area (Å²) in [5, 5.41) is 4.76. The number of likely N-dealkylation sites (N-methyl/N-ethyl adjacent to an activating group) is 1. The summed E-state index contributed by atoms with van der Waals surface area (Å²) in [6.45, 7) is 3.61. The van der Waals surface area contributed by atoms with Gasteiger partial charge < -0.3 is 4.90 Å². The normalized spacial score (nSPS) is 18.4. The molecule has 0 N–H and O–H groups in total. The molecule has 0 bridgehead atoms. The zero-order valence-electron chi connectivity index (χ0n) is 12.7. The molecule has 1 aromatic rings. The standard InChI is InChI=1S/C15H24ClN3O/c1-15(7-5-4-6-8-15)14(20)13-12(16)11-17-19(13)10-9-18(2)3/h11H,4-10H2,1-3H3. The van der Waals surface area contributed by atoms with Gasteiger partial charge >= 0.3 is 0 Å². The van der Waals surface area contributed by atoms with Gasteiger partial charge in [0.15, 0.2) is 5.78 Å². The number of hydrogen-bond donors (Lipinski definition) is 0. The van der Waals surface area contributed by atoms with Crippen LogP contribution in [0.5, 0.6) is 0 Å². The number of carbonyl (C=O) groups excluding carboxylic acids is 1. The van der Waals surface area contributed by atoms with Crippen molar-refractivity contribution in [3.8, 4) is 0 Å². The van der Waals surface area contributed by atoms with Crippen molar-refractivity contribution in [2.45, 2.75) is 45.6 Å². The average molecular weight is 298 g/mol. The summed E-state index contributed by atoms with van der Waals surface area (Å²) in [6.07, 6.45) is 7.01. The Morgan fingerprint density at radius 1 is 1.40 bits per heavy atom. The number of carbonyl (C=O) groups is 1. The Morgan fingerprint density at radius 3 is 2.65 bits per heavy atom. The van der Waals surface area contributed by atoms with Crippen molar-refractivity contribution in [2.75, 3.05) is 20.6 Å². The van der Waals surface area contributed by atoms with Gasteiger partial charge in [0.1, 0.15) is 5.69 Å². The second-order valence-electron chi connectivity index (χ2n) is 6.32. The smallest absolute Gasteiger partial charge is 0.188 e. The molecule has 1 fully saturated rings. The maximum atomic E-state index is 12.9. The molecule has 0 radical (unpaired) electrons. The number of halogens is 1. The van der Waals surface area contributed by atoms with Crippen LogP contribution in [0.15, 0.2) is 6.20 Å². The average Bonchev–Trinajstić information content (AvgIpc) is 2.77. The molecular weight excluding hydrogens is 274 g/mol. The van der Waals surface area contributed by atoms with Crippen molar-refractivity contribution in [2.24, 2.45) is 5.41 Å². The van der Waals surface area contributed by atoms with Crippen LogP contribution in [-0.4, -0.2) is 41.1 Å². The first-order valence-electron chi connectivity index (χ1n) is 7.35. The highest BCUT2D eigenvalue weighted by Gasteiger charge is 2.37. The molecule has 0 amide bonds. The lowest BCUT2D eigenvalue weighted by molar-refractivity contribution is 0.0736. The maximum absolute atomic E-state index is 12.9. The first kappa shape index (κ1) is 15.5. The fourth-order valence-electron chi connectivity index (χ4n) is 2.90. The van der Waals surface area contributed by atoms with Gasteiger partial charge in [-0.1, -0.05) is 37.8 Å². The molecule has 0 unspecified atom stereocenters. The minimum Gasteiger partial charge on any atom is -0.308 e. The van der Waals surface area contributed by atoms with Crippen LogP contribution >= 0.6 is 11.6 Å². The number of aromatic nitrogens is 2. The lowest BCUT2D eigenvalue weighted by atomic mass is 9.72. The molecule has 5 heteroatoms. The molecule has 0 spiro atoms. The molecule has 1 aliphatic carbocycles. The summed E-state index contributed by atoms with van der Waals surface area (Å²) in [5.41, 5.74) is 0.329. The van der Waals surface area contributed by atoms with Crippen LogP contribution in [0.25, 0.3) is 0 Å². The van der Waals surface area contributed by atoms with Crippen molar-refractivity contribution in [3.05, 3.63) is 16.9 Å². The van der Waals surface area contributed by atoms with E-state index >= 15 is 0 Å². The quantitative estimate of drug-likeness (QED) is 0.783. The monoisotopic (exact) mass is 297 g/mol. The van der Waals surface area contributed by atoms with Crippen LogP contribution in [-0.2, 0) is 6.54 Å². The summed E-state index contributed by atoms with van der Waals surface area (Å²) in [7, 11) is 4.02.